The highest BCUT2D eigenvalue weighted by molar-refractivity contribution is 7.84. The fraction of sp³-hybridized carbons (Fsp3) is 0.133. The molecule has 23 heavy (non-hydrogen) atoms. The fourth-order valence-electron chi connectivity index (χ4n) is 1.93. The Morgan fingerprint density at radius 2 is 1.91 bits per heavy atom. The van der Waals surface area contributed by atoms with Crippen LogP contribution in [0.3, 0.4) is 0 Å². The molecule has 1 unspecified atom stereocenters. The molecule has 0 aliphatic carbocycles. The lowest BCUT2D eigenvalue weighted by Crippen LogP contribution is -2.23. The second-order valence-corrected chi connectivity index (χ2v) is 6.19. The van der Waals surface area contributed by atoms with Crippen molar-refractivity contribution in [3.63, 3.8) is 0 Å². The first-order valence-corrected chi connectivity index (χ1v) is 8.19. The highest BCUT2D eigenvalue weighted by Crippen LogP contribution is 2.19. The molecule has 0 spiro atoms. The van der Waals surface area contributed by atoms with Gasteiger partial charge in [0.05, 0.1) is 10.5 Å². The van der Waals surface area contributed by atoms with Crippen molar-refractivity contribution in [2.75, 3.05) is 12.0 Å². The van der Waals surface area contributed by atoms with Crippen molar-refractivity contribution in [3.8, 4) is 0 Å². The number of nitro benzene ring substituents is 1. The van der Waals surface area contributed by atoms with E-state index in [1.54, 1.807) is 30.5 Å². The van der Waals surface area contributed by atoms with E-state index in [0.717, 1.165) is 11.6 Å². The predicted octanol–water partition coefficient (Wildman–Crippen LogP) is 1.84. The first-order chi connectivity index (χ1) is 10.9. The molecule has 0 radical (unpaired) electrons. The van der Waals surface area contributed by atoms with Gasteiger partial charge < -0.3 is 11.1 Å². The minimum Gasteiger partial charge on any atom is -0.398 e. The van der Waals surface area contributed by atoms with Crippen LogP contribution < -0.4 is 11.1 Å². The molecule has 7 nitrogen and oxygen atoms in total. The van der Waals surface area contributed by atoms with Gasteiger partial charge in [0.2, 0.25) is 0 Å². The number of anilines is 1. The van der Waals surface area contributed by atoms with Gasteiger partial charge in [-0.3, -0.25) is 19.1 Å². The molecule has 0 saturated heterocycles. The van der Waals surface area contributed by atoms with Gasteiger partial charge in [-0.2, -0.15) is 0 Å². The summed E-state index contributed by atoms with van der Waals surface area (Å²) in [6.45, 7) is 0.234. The number of nitro groups is 1. The van der Waals surface area contributed by atoms with Crippen molar-refractivity contribution >= 4 is 28.1 Å². The molecule has 0 saturated carbocycles. The lowest BCUT2D eigenvalue weighted by Gasteiger charge is -2.08. The van der Waals surface area contributed by atoms with E-state index in [1.807, 2.05) is 0 Å². The van der Waals surface area contributed by atoms with E-state index in [4.69, 9.17) is 5.73 Å². The first kappa shape index (κ1) is 16.6. The van der Waals surface area contributed by atoms with Crippen LogP contribution in [0.4, 0.5) is 11.4 Å². The van der Waals surface area contributed by atoms with Gasteiger partial charge >= 0.3 is 0 Å². The number of carbonyl (C=O) groups excluding carboxylic acids is 1. The van der Waals surface area contributed by atoms with Crippen LogP contribution in [0.15, 0.2) is 47.4 Å². The van der Waals surface area contributed by atoms with Crippen molar-refractivity contribution < 1.29 is 13.9 Å². The molecule has 2 aromatic carbocycles. The van der Waals surface area contributed by atoms with Crippen LogP contribution in [0.5, 0.6) is 0 Å². The van der Waals surface area contributed by atoms with Gasteiger partial charge in [0.15, 0.2) is 0 Å². The average Bonchev–Trinajstić information content (AvgIpc) is 2.53. The molecule has 0 aromatic heterocycles. The van der Waals surface area contributed by atoms with E-state index in [-0.39, 0.29) is 23.5 Å². The summed E-state index contributed by atoms with van der Waals surface area (Å²) in [5.41, 5.74) is 6.55. The summed E-state index contributed by atoms with van der Waals surface area (Å²) in [5.74, 6) is -0.491. The maximum absolute atomic E-state index is 12.1. The number of nitrogens with zero attached hydrogens (tertiary/aromatic N) is 1. The van der Waals surface area contributed by atoms with Crippen molar-refractivity contribution in [2.24, 2.45) is 0 Å². The number of amides is 1. The molecule has 0 fully saturated rings. The quantitative estimate of drug-likeness (QED) is 0.492. The topological polar surface area (TPSA) is 115 Å². The van der Waals surface area contributed by atoms with Crippen LogP contribution in [0, 0.1) is 10.1 Å². The molecular weight excluding hydrogens is 318 g/mol. The smallest absolute Gasteiger partial charge is 0.270 e. The molecule has 2 rings (SSSR count). The number of nitrogens with one attached hydrogen (secondary N) is 1. The minimum atomic E-state index is -1.06. The molecule has 0 aliphatic heterocycles. The third kappa shape index (κ3) is 4.13. The lowest BCUT2D eigenvalue weighted by molar-refractivity contribution is -0.384. The Bertz CT molecular complexity index is 775. The number of hydrogen-bond donors (Lipinski definition) is 2. The van der Waals surface area contributed by atoms with E-state index < -0.39 is 21.6 Å². The fourth-order valence-corrected chi connectivity index (χ4v) is 2.45. The van der Waals surface area contributed by atoms with Crippen molar-refractivity contribution in [1.82, 2.24) is 5.32 Å². The van der Waals surface area contributed by atoms with Gasteiger partial charge in [-0.05, 0) is 23.8 Å². The molecule has 2 aromatic rings. The number of rotatable bonds is 5. The standard InChI is InChI=1S/C15H15N3O4S/c1-23(22)12-5-2-10(3-6-12)9-17-15(19)13-8-11(18(20)21)4-7-14(13)16/h2-8H,9,16H2,1H3,(H,17,19). The monoisotopic (exact) mass is 333 g/mol. The number of nitrogen functional groups attached to an aromatic ring is 1. The Labute approximate surface area is 135 Å². The largest absolute Gasteiger partial charge is 0.398 e. The molecule has 3 N–H and O–H groups in total. The SMILES string of the molecule is CS(=O)c1ccc(CNC(=O)c2cc([N+](=O)[O-])ccc2N)cc1. The zero-order valence-corrected chi connectivity index (χ0v) is 13.1. The van der Waals surface area contributed by atoms with Crippen LogP contribution in [0.2, 0.25) is 0 Å². The maximum atomic E-state index is 12.1. The Hall–Kier alpha value is -2.74. The molecule has 1 atom stereocenters. The lowest BCUT2D eigenvalue weighted by atomic mass is 10.1. The van der Waals surface area contributed by atoms with Crippen LogP contribution >= 0.6 is 0 Å². The van der Waals surface area contributed by atoms with Crippen molar-refractivity contribution in [3.05, 3.63) is 63.7 Å². The predicted molar refractivity (Wildman–Crippen MR) is 87.5 cm³/mol. The van der Waals surface area contributed by atoms with Gasteiger partial charge in [0.1, 0.15) is 0 Å². The van der Waals surface area contributed by atoms with Gasteiger partial charge in [0, 0.05) is 46.3 Å². The second-order valence-electron chi connectivity index (χ2n) is 4.81. The highest BCUT2D eigenvalue weighted by Gasteiger charge is 2.15. The third-order valence-corrected chi connectivity index (χ3v) is 4.14. The summed E-state index contributed by atoms with van der Waals surface area (Å²) in [6, 6.07) is 10.7. The molecule has 8 heteroatoms. The number of non-ortho nitro benzene ring substituents is 1. The van der Waals surface area contributed by atoms with Crippen LogP contribution in [0.25, 0.3) is 0 Å². The summed E-state index contributed by atoms with van der Waals surface area (Å²) in [5, 5.41) is 13.4. The number of benzene rings is 2. The summed E-state index contributed by atoms with van der Waals surface area (Å²) in [6.07, 6.45) is 1.59. The Balaban J connectivity index is 2.09. The molecule has 1 amide bonds. The normalized spacial score (nSPS) is 11.7. The summed E-state index contributed by atoms with van der Waals surface area (Å²) in [4.78, 5) is 23.0. The van der Waals surface area contributed by atoms with Gasteiger partial charge in [-0.25, -0.2) is 0 Å². The zero-order valence-electron chi connectivity index (χ0n) is 12.3. The number of hydrogen-bond acceptors (Lipinski definition) is 5. The van der Waals surface area contributed by atoms with E-state index in [1.165, 1.54) is 12.1 Å². The van der Waals surface area contributed by atoms with E-state index >= 15 is 0 Å². The molecule has 0 heterocycles. The highest BCUT2D eigenvalue weighted by atomic mass is 32.2. The zero-order chi connectivity index (χ0) is 17.0. The van der Waals surface area contributed by atoms with Crippen molar-refractivity contribution in [1.29, 1.82) is 0 Å². The molecule has 120 valence electrons. The Morgan fingerprint density at radius 1 is 1.26 bits per heavy atom. The number of nitrogens with two attached hydrogens (primary N) is 1. The molecule has 0 bridgehead atoms. The first-order valence-electron chi connectivity index (χ1n) is 6.63. The summed E-state index contributed by atoms with van der Waals surface area (Å²) in [7, 11) is -1.06. The Kier molecular flexibility index (Phi) is 5.07. The minimum absolute atomic E-state index is 0.0606. The average molecular weight is 333 g/mol. The van der Waals surface area contributed by atoms with Gasteiger partial charge in [0.25, 0.3) is 11.6 Å². The molecular formula is C15H15N3O4S. The van der Waals surface area contributed by atoms with Crippen LogP contribution in [0.1, 0.15) is 15.9 Å². The third-order valence-electron chi connectivity index (χ3n) is 3.20. The van der Waals surface area contributed by atoms with Crippen LogP contribution in [-0.2, 0) is 17.3 Å². The van der Waals surface area contributed by atoms with E-state index in [2.05, 4.69) is 5.32 Å². The maximum Gasteiger partial charge on any atom is 0.270 e. The van der Waals surface area contributed by atoms with Crippen molar-refractivity contribution in [2.45, 2.75) is 11.4 Å². The van der Waals surface area contributed by atoms with Crippen LogP contribution in [-0.4, -0.2) is 21.3 Å². The molecule has 0 aliphatic rings. The second kappa shape index (κ2) is 7.01. The number of carbonyl (C=O) groups is 1. The van der Waals surface area contributed by atoms with Gasteiger partial charge in [-0.15, -0.1) is 0 Å². The summed E-state index contributed by atoms with van der Waals surface area (Å²) < 4.78 is 11.3. The van der Waals surface area contributed by atoms with Gasteiger partial charge in [-0.1, -0.05) is 12.1 Å². The van der Waals surface area contributed by atoms with E-state index in [9.17, 15) is 19.1 Å². The van der Waals surface area contributed by atoms with E-state index in [0.29, 0.717) is 4.90 Å². The Morgan fingerprint density at radius 3 is 2.48 bits per heavy atom. The summed E-state index contributed by atoms with van der Waals surface area (Å²) >= 11 is 0.